The SMILES string of the molecule is CC(C)NCCCCS(=O)(=O)NCC1CCCCO1. The first kappa shape index (κ1) is 16.9. The van der Waals surface area contributed by atoms with E-state index in [2.05, 4.69) is 23.9 Å². The molecule has 0 spiro atoms. The van der Waals surface area contributed by atoms with E-state index >= 15 is 0 Å². The first-order valence-electron chi connectivity index (χ1n) is 7.32. The fourth-order valence-corrected chi connectivity index (χ4v) is 3.24. The van der Waals surface area contributed by atoms with Crippen molar-refractivity contribution in [2.24, 2.45) is 0 Å². The highest BCUT2D eigenvalue weighted by molar-refractivity contribution is 7.89. The summed E-state index contributed by atoms with van der Waals surface area (Å²) in [5.74, 6) is 0.208. The summed E-state index contributed by atoms with van der Waals surface area (Å²) in [6.45, 7) is 6.23. The van der Waals surface area contributed by atoms with E-state index in [1.165, 1.54) is 0 Å². The Bertz CT molecular complexity index is 325. The second kappa shape index (κ2) is 8.89. The first-order chi connectivity index (χ1) is 8.99. The Hall–Kier alpha value is -0.170. The van der Waals surface area contributed by atoms with Crippen molar-refractivity contribution in [2.75, 3.05) is 25.4 Å². The maximum Gasteiger partial charge on any atom is 0.211 e. The molecule has 1 aliphatic rings. The third-order valence-electron chi connectivity index (χ3n) is 3.20. The molecule has 1 unspecified atom stereocenters. The summed E-state index contributed by atoms with van der Waals surface area (Å²) < 4.78 is 31.7. The maximum absolute atomic E-state index is 11.8. The highest BCUT2D eigenvalue weighted by Crippen LogP contribution is 2.11. The Labute approximate surface area is 117 Å². The average Bonchev–Trinajstić information content (AvgIpc) is 2.37. The summed E-state index contributed by atoms with van der Waals surface area (Å²) in [7, 11) is -3.14. The van der Waals surface area contributed by atoms with Crippen LogP contribution in [0.3, 0.4) is 0 Å². The van der Waals surface area contributed by atoms with Crippen LogP contribution in [0, 0.1) is 0 Å². The summed E-state index contributed by atoms with van der Waals surface area (Å²) >= 11 is 0. The van der Waals surface area contributed by atoms with Crippen molar-refractivity contribution in [1.29, 1.82) is 0 Å². The molecule has 19 heavy (non-hydrogen) atoms. The van der Waals surface area contributed by atoms with Gasteiger partial charge in [-0.3, -0.25) is 0 Å². The number of hydrogen-bond donors (Lipinski definition) is 2. The van der Waals surface area contributed by atoms with Crippen LogP contribution in [0.2, 0.25) is 0 Å². The van der Waals surface area contributed by atoms with Gasteiger partial charge in [-0.15, -0.1) is 0 Å². The van der Waals surface area contributed by atoms with Crippen LogP contribution in [0.15, 0.2) is 0 Å². The lowest BCUT2D eigenvalue weighted by Gasteiger charge is -2.22. The Morgan fingerprint density at radius 2 is 2.05 bits per heavy atom. The molecule has 0 saturated carbocycles. The van der Waals surface area contributed by atoms with E-state index in [0.717, 1.165) is 38.8 Å². The number of sulfonamides is 1. The van der Waals surface area contributed by atoms with Gasteiger partial charge in [0.25, 0.3) is 0 Å². The van der Waals surface area contributed by atoms with Crippen LogP contribution < -0.4 is 10.0 Å². The third-order valence-corrected chi connectivity index (χ3v) is 4.63. The number of unbranched alkanes of at least 4 members (excludes halogenated alkanes) is 1. The molecule has 0 amide bonds. The van der Waals surface area contributed by atoms with Gasteiger partial charge in [0, 0.05) is 19.2 Å². The molecule has 6 heteroatoms. The molecule has 0 aliphatic carbocycles. The smallest absolute Gasteiger partial charge is 0.211 e. The molecule has 0 bridgehead atoms. The van der Waals surface area contributed by atoms with Crippen molar-refractivity contribution >= 4 is 10.0 Å². The number of rotatable bonds is 9. The van der Waals surface area contributed by atoms with Gasteiger partial charge in [-0.2, -0.15) is 0 Å². The van der Waals surface area contributed by atoms with Crippen molar-refractivity contribution in [1.82, 2.24) is 10.0 Å². The normalized spacial score (nSPS) is 20.9. The predicted octanol–water partition coefficient (Wildman–Crippen LogP) is 1.25. The predicted molar refractivity (Wildman–Crippen MR) is 77.8 cm³/mol. The molecular weight excluding hydrogens is 264 g/mol. The van der Waals surface area contributed by atoms with E-state index < -0.39 is 10.0 Å². The zero-order valence-electron chi connectivity index (χ0n) is 12.2. The molecule has 0 aromatic carbocycles. The van der Waals surface area contributed by atoms with E-state index in [-0.39, 0.29) is 11.9 Å². The van der Waals surface area contributed by atoms with Gasteiger partial charge in [0.15, 0.2) is 0 Å². The van der Waals surface area contributed by atoms with Crippen LogP contribution >= 0.6 is 0 Å². The van der Waals surface area contributed by atoms with E-state index in [9.17, 15) is 8.42 Å². The van der Waals surface area contributed by atoms with Gasteiger partial charge in [-0.1, -0.05) is 13.8 Å². The van der Waals surface area contributed by atoms with Gasteiger partial charge in [-0.25, -0.2) is 13.1 Å². The molecule has 1 atom stereocenters. The van der Waals surface area contributed by atoms with E-state index in [4.69, 9.17) is 4.74 Å². The summed E-state index contributed by atoms with van der Waals surface area (Å²) in [4.78, 5) is 0. The number of ether oxygens (including phenoxy) is 1. The molecule has 0 aromatic heterocycles. The Balaban J connectivity index is 2.09. The summed E-state index contributed by atoms with van der Waals surface area (Å²) in [6, 6.07) is 0.457. The van der Waals surface area contributed by atoms with E-state index in [1.54, 1.807) is 0 Å². The first-order valence-corrected chi connectivity index (χ1v) is 8.97. The molecule has 5 nitrogen and oxygen atoms in total. The van der Waals surface area contributed by atoms with Gasteiger partial charge < -0.3 is 10.1 Å². The standard InChI is InChI=1S/C13H28N2O3S/c1-12(2)14-8-4-6-10-19(16,17)15-11-13-7-3-5-9-18-13/h12-15H,3-11H2,1-2H3. The molecule has 1 aliphatic heterocycles. The summed E-state index contributed by atoms with van der Waals surface area (Å²) in [5, 5.41) is 3.28. The third kappa shape index (κ3) is 8.57. The van der Waals surface area contributed by atoms with Crippen LogP contribution in [-0.2, 0) is 14.8 Å². The van der Waals surface area contributed by atoms with Crippen molar-refractivity contribution < 1.29 is 13.2 Å². The highest BCUT2D eigenvalue weighted by Gasteiger charge is 2.17. The molecule has 1 heterocycles. The highest BCUT2D eigenvalue weighted by atomic mass is 32.2. The second-order valence-corrected chi connectivity index (χ2v) is 7.40. The zero-order chi connectivity index (χ0) is 14.1. The molecule has 114 valence electrons. The molecule has 0 radical (unpaired) electrons. The Kier molecular flexibility index (Phi) is 7.90. The van der Waals surface area contributed by atoms with Crippen LogP contribution in [0.4, 0.5) is 0 Å². The minimum atomic E-state index is -3.14. The quantitative estimate of drug-likeness (QED) is 0.628. The van der Waals surface area contributed by atoms with Crippen molar-refractivity contribution in [3.8, 4) is 0 Å². The van der Waals surface area contributed by atoms with E-state index in [0.29, 0.717) is 19.0 Å². The van der Waals surface area contributed by atoms with Gasteiger partial charge in [0.05, 0.1) is 11.9 Å². The maximum atomic E-state index is 11.8. The Morgan fingerprint density at radius 3 is 2.68 bits per heavy atom. The second-order valence-electron chi connectivity index (χ2n) is 5.47. The molecule has 1 fully saturated rings. The van der Waals surface area contributed by atoms with Crippen LogP contribution in [0.1, 0.15) is 46.0 Å². The fourth-order valence-electron chi connectivity index (χ4n) is 2.07. The molecule has 1 saturated heterocycles. The van der Waals surface area contributed by atoms with Gasteiger partial charge >= 0.3 is 0 Å². The van der Waals surface area contributed by atoms with Crippen LogP contribution in [0.25, 0.3) is 0 Å². The Morgan fingerprint density at radius 1 is 1.26 bits per heavy atom. The lowest BCUT2D eigenvalue weighted by molar-refractivity contribution is 0.0200. The van der Waals surface area contributed by atoms with Gasteiger partial charge in [0.2, 0.25) is 10.0 Å². The van der Waals surface area contributed by atoms with E-state index in [1.807, 2.05) is 0 Å². The molecule has 0 aromatic rings. The summed E-state index contributed by atoms with van der Waals surface area (Å²) in [5.41, 5.74) is 0. The van der Waals surface area contributed by atoms with Crippen LogP contribution in [-0.4, -0.2) is 46.0 Å². The van der Waals surface area contributed by atoms with Crippen molar-refractivity contribution in [2.45, 2.75) is 58.1 Å². The lowest BCUT2D eigenvalue weighted by Crippen LogP contribution is -2.36. The molecular formula is C13H28N2O3S. The topological polar surface area (TPSA) is 67.4 Å². The lowest BCUT2D eigenvalue weighted by atomic mass is 10.1. The number of nitrogens with one attached hydrogen (secondary N) is 2. The van der Waals surface area contributed by atoms with Crippen LogP contribution in [0.5, 0.6) is 0 Å². The largest absolute Gasteiger partial charge is 0.377 e. The van der Waals surface area contributed by atoms with Crippen molar-refractivity contribution in [3.05, 3.63) is 0 Å². The molecule has 2 N–H and O–H groups in total. The zero-order valence-corrected chi connectivity index (χ0v) is 13.0. The number of hydrogen-bond acceptors (Lipinski definition) is 4. The van der Waals surface area contributed by atoms with Gasteiger partial charge in [0.1, 0.15) is 0 Å². The van der Waals surface area contributed by atoms with Crippen molar-refractivity contribution in [3.63, 3.8) is 0 Å². The fraction of sp³-hybridized carbons (Fsp3) is 1.00. The monoisotopic (exact) mass is 292 g/mol. The average molecular weight is 292 g/mol. The minimum Gasteiger partial charge on any atom is -0.377 e. The van der Waals surface area contributed by atoms with Gasteiger partial charge in [-0.05, 0) is 38.6 Å². The summed E-state index contributed by atoms with van der Waals surface area (Å²) in [6.07, 6.45) is 4.82. The molecule has 1 rings (SSSR count). The minimum absolute atomic E-state index is 0.0612.